The predicted molar refractivity (Wildman–Crippen MR) is 160 cm³/mol. The number of hydrogen-bond acceptors (Lipinski definition) is 7. The number of benzene rings is 1. The normalized spacial score (nSPS) is 19.5. The lowest BCUT2D eigenvalue weighted by atomic mass is 9.58. The Bertz CT molecular complexity index is 1440. The van der Waals surface area contributed by atoms with Crippen LogP contribution in [0.15, 0.2) is 60.4 Å². The Balaban J connectivity index is 1.32. The molecule has 2 aliphatic rings. The van der Waals surface area contributed by atoms with Gasteiger partial charge in [-0.1, -0.05) is 70.5 Å². The first kappa shape index (κ1) is 29.4. The van der Waals surface area contributed by atoms with Gasteiger partial charge in [0.2, 0.25) is 0 Å². The van der Waals surface area contributed by atoms with Crippen LogP contribution in [0.25, 0.3) is 0 Å². The number of anilines is 1. The van der Waals surface area contributed by atoms with Crippen LogP contribution in [-0.2, 0) is 27.3 Å². The highest BCUT2D eigenvalue weighted by atomic mass is 79.9. The Hall–Kier alpha value is -3.08. The zero-order valence-corrected chi connectivity index (χ0v) is 25.2. The van der Waals surface area contributed by atoms with E-state index in [0.717, 1.165) is 43.4 Å². The van der Waals surface area contributed by atoms with Crippen molar-refractivity contribution in [1.29, 1.82) is 0 Å². The highest BCUT2D eigenvalue weighted by Gasteiger charge is 2.58. The maximum atomic E-state index is 13.3. The van der Waals surface area contributed by atoms with Gasteiger partial charge in [0.25, 0.3) is 5.91 Å². The Morgan fingerprint density at radius 3 is 2.49 bits per heavy atom. The molecular weight excluding hydrogens is 633 g/mol. The number of halogens is 3. The van der Waals surface area contributed by atoms with Crippen LogP contribution in [0, 0.1) is 5.41 Å². The molecular formula is C29H28BrCl2N5O4. The summed E-state index contributed by atoms with van der Waals surface area (Å²) in [6.45, 7) is 0.641. The van der Waals surface area contributed by atoms with E-state index < -0.39 is 28.2 Å². The maximum absolute atomic E-state index is 13.3. The number of esters is 1. The maximum Gasteiger partial charge on any atom is 0.331 e. The number of ketones is 1. The number of alkyl halides is 1. The number of ether oxygens (including phenoxy) is 1. The molecule has 2 fully saturated rings. The second kappa shape index (κ2) is 12.8. The number of nitrogens with zero attached hydrogens (tertiary/aromatic N) is 4. The third-order valence-electron chi connectivity index (χ3n) is 7.58. The zero-order chi connectivity index (χ0) is 29.0. The predicted octanol–water partition coefficient (Wildman–Crippen LogP) is 5.73. The Morgan fingerprint density at radius 1 is 1.12 bits per heavy atom. The molecule has 41 heavy (non-hydrogen) atoms. The zero-order valence-electron chi connectivity index (χ0n) is 22.1. The summed E-state index contributed by atoms with van der Waals surface area (Å²) in [5.41, 5.74) is 1.65. The highest BCUT2D eigenvalue weighted by Crippen LogP contribution is 2.49. The molecule has 2 aliphatic carbocycles. The van der Waals surface area contributed by atoms with Gasteiger partial charge >= 0.3 is 5.97 Å². The molecule has 214 valence electrons. The van der Waals surface area contributed by atoms with Crippen LogP contribution >= 0.6 is 39.1 Å². The van der Waals surface area contributed by atoms with Gasteiger partial charge in [0.05, 0.1) is 33.9 Å². The highest BCUT2D eigenvalue weighted by molar-refractivity contribution is 9.10. The molecule has 0 aliphatic heterocycles. The molecule has 0 bridgehead atoms. The van der Waals surface area contributed by atoms with Gasteiger partial charge in [-0.05, 0) is 30.5 Å². The minimum atomic E-state index is -0.824. The van der Waals surface area contributed by atoms with Crippen molar-refractivity contribution in [2.45, 2.75) is 55.9 Å². The monoisotopic (exact) mass is 659 g/mol. The average molecular weight is 661 g/mol. The number of carbonyl (C=O) groups excluding carboxylic acids is 3. The molecule has 1 N–H and O–H groups in total. The molecule has 1 unspecified atom stereocenters. The number of rotatable bonds is 9. The van der Waals surface area contributed by atoms with E-state index in [-0.39, 0.29) is 34.4 Å². The van der Waals surface area contributed by atoms with Gasteiger partial charge in [0.1, 0.15) is 11.4 Å². The lowest BCUT2D eigenvalue weighted by molar-refractivity contribution is -0.145. The molecule has 1 amide bonds. The van der Waals surface area contributed by atoms with Crippen LogP contribution in [0.1, 0.15) is 48.0 Å². The van der Waals surface area contributed by atoms with Crippen LogP contribution in [0.3, 0.4) is 0 Å². The van der Waals surface area contributed by atoms with Crippen molar-refractivity contribution in [1.82, 2.24) is 14.5 Å². The number of amides is 1. The Kier molecular flexibility index (Phi) is 9.21. The first-order valence-electron chi connectivity index (χ1n) is 13.4. The topological polar surface area (TPSA) is 116 Å². The number of Topliss-reactive ketones (excluding diaryl/α,β-unsaturated/α-hetero) is 1. The van der Waals surface area contributed by atoms with E-state index in [1.54, 1.807) is 30.9 Å². The van der Waals surface area contributed by atoms with Crippen LogP contribution in [-0.4, -0.2) is 55.4 Å². The fraction of sp³-hybridized carbons (Fsp3) is 0.379. The SMILES string of the molecule is O=C(Nc1ccc(C[C@H](N=C2C(Br)C(=O)C23CCCCC3)C(=O)OCCn2ccnc2)cc1)c1c(Cl)cncc1Cl. The van der Waals surface area contributed by atoms with E-state index in [2.05, 4.69) is 31.2 Å². The molecule has 12 heteroatoms. The number of carbonyl (C=O) groups is 3. The molecule has 5 rings (SSSR count). The summed E-state index contributed by atoms with van der Waals surface area (Å²) in [7, 11) is 0. The molecule has 2 aromatic heterocycles. The summed E-state index contributed by atoms with van der Waals surface area (Å²) in [6, 6.07) is 6.26. The summed E-state index contributed by atoms with van der Waals surface area (Å²) in [5, 5.41) is 3.08. The van der Waals surface area contributed by atoms with Gasteiger partial charge in [-0.2, -0.15) is 0 Å². The van der Waals surface area contributed by atoms with Gasteiger partial charge in [0.15, 0.2) is 11.8 Å². The minimum absolute atomic E-state index is 0.137. The lowest BCUT2D eigenvalue weighted by Crippen LogP contribution is -2.61. The molecule has 0 radical (unpaired) electrons. The van der Waals surface area contributed by atoms with Crippen molar-refractivity contribution in [3.8, 4) is 0 Å². The van der Waals surface area contributed by atoms with E-state index in [9.17, 15) is 14.4 Å². The number of pyridine rings is 1. The molecule has 0 saturated heterocycles. The number of aromatic nitrogens is 3. The Labute approximate surface area is 255 Å². The third-order valence-corrected chi connectivity index (χ3v) is 9.00. The lowest BCUT2D eigenvalue weighted by Gasteiger charge is -2.48. The summed E-state index contributed by atoms with van der Waals surface area (Å²) in [6.07, 6.45) is 12.6. The average Bonchev–Trinajstić information content (AvgIpc) is 3.49. The first-order chi connectivity index (χ1) is 19.8. The summed E-state index contributed by atoms with van der Waals surface area (Å²) >= 11 is 15.7. The van der Waals surface area contributed by atoms with Crippen LogP contribution in [0.4, 0.5) is 5.69 Å². The van der Waals surface area contributed by atoms with Gasteiger partial charge in [0, 0.05) is 42.6 Å². The van der Waals surface area contributed by atoms with Gasteiger partial charge in [-0.3, -0.25) is 19.6 Å². The molecule has 3 aromatic rings. The van der Waals surface area contributed by atoms with Crippen molar-refractivity contribution < 1.29 is 19.1 Å². The first-order valence-corrected chi connectivity index (χ1v) is 15.0. The smallest absolute Gasteiger partial charge is 0.331 e. The molecule has 1 aromatic carbocycles. The van der Waals surface area contributed by atoms with Crippen molar-refractivity contribution in [2.75, 3.05) is 11.9 Å². The third kappa shape index (κ3) is 6.39. The second-order valence-corrected chi connectivity index (χ2v) is 11.9. The van der Waals surface area contributed by atoms with Crippen molar-refractivity contribution in [2.24, 2.45) is 10.4 Å². The van der Waals surface area contributed by atoms with E-state index in [4.69, 9.17) is 32.9 Å². The summed E-state index contributed by atoms with van der Waals surface area (Å²) in [4.78, 5) is 51.2. The van der Waals surface area contributed by atoms with Crippen molar-refractivity contribution in [3.63, 3.8) is 0 Å². The number of hydrogen-bond donors (Lipinski definition) is 1. The van der Waals surface area contributed by atoms with Crippen LogP contribution in [0.2, 0.25) is 10.0 Å². The molecule has 2 saturated carbocycles. The minimum Gasteiger partial charge on any atom is -0.462 e. The van der Waals surface area contributed by atoms with E-state index in [1.165, 1.54) is 12.4 Å². The summed E-state index contributed by atoms with van der Waals surface area (Å²) < 4.78 is 7.45. The number of nitrogens with one attached hydrogen (secondary N) is 1. The Morgan fingerprint density at radius 2 is 1.83 bits per heavy atom. The fourth-order valence-electron chi connectivity index (χ4n) is 5.39. The standard InChI is InChI=1S/C29H28BrCl2N5O4/c30-24-25(29(26(24)38)8-2-1-3-9-29)36-22(28(40)41-13-12-37-11-10-33-17-37)14-18-4-6-19(7-5-18)35-27(39)23-20(31)15-34-16-21(23)32/h4-7,10-11,15-17,22,24H,1-3,8-9,12-14H2,(H,35,39)/t22-,24?/m0/s1. The van der Waals surface area contributed by atoms with Gasteiger partial charge < -0.3 is 14.6 Å². The summed E-state index contributed by atoms with van der Waals surface area (Å²) in [5.74, 6) is -0.767. The van der Waals surface area contributed by atoms with Crippen LogP contribution in [0.5, 0.6) is 0 Å². The van der Waals surface area contributed by atoms with Crippen molar-refractivity contribution >= 4 is 68.2 Å². The van der Waals surface area contributed by atoms with Gasteiger partial charge in [-0.25, -0.2) is 9.78 Å². The molecule has 9 nitrogen and oxygen atoms in total. The number of aliphatic imine (C=N–C) groups is 1. The fourth-order valence-corrected chi connectivity index (χ4v) is 6.92. The van der Waals surface area contributed by atoms with Gasteiger partial charge in [-0.15, -0.1) is 0 Å². The van der Waals surface area contributed by atoms with E-state index in [1.807, 2.05) is 16.7 Å². The largest absolute Gasteiger partial charge is 0.462 e. The quantitative estimate of drug-likeness (QED) is 0.232. The molecule has 1 spiro atoms. The van der Waals surface area contributed by atoms with Crippen LogP contribution < -0.4 is 5.32 Å². The number of imidazole rings is 1. The molecule has 2 atom stereocenters. The molecule has 2 heterocycles. The van der Waals surface area contributed by atoms with E-state index >= 15 is 0 Å². The second-order valence-electron chi connectivity index (χ2n) is 10.2. The van der Waals surface area contributed by atoms with Crippen molar-refractivity contribution in [3.05, 3.63) is 76.6 Å². The van der Waals surface area contributed by atoms with E-state index in [0.29, 0.717) is 12.2 Å².